The molecule has 1 unspecified atom stereocenters. The molecule has 0 spiro atoms. The highest BCUT2D eigenvalue weighted by molar-refractivity contribution is 5.13. The monoisotopic (exact) mass is 218 g/mol. The first-order valence-electron chi connectivity index (χ1n) is 5.15. The van der Waals surface area contributed by atoms with Gasteiger partial charge in [0, 0.05) is 12.4 Å². The van der Waals surface area contributed by atoms with Crippen LogP contribution in [0.3, 0.4) is 0 Å². The Morgan fingerprint density at radius 3 is 2.81 bits per heavy atom. The summed E-state index contributed by atoms with van der Waals surface area (Å²) in [4.78, 5) is 6.80. The smallest absolute Gasteiger partial charge is 0.137 e. The van der Waals surface area contributed by atoms with Crippen LogP contribution in [0.15, 0.2) is 42.7 Å². The van der Waals surface area contributed by atoms with Crippen molar-refractivity contribution < 1.29 is 9.84 Å². The maximum atomic E-state index is 9.67. The van der Waals surface area contributed by atoms with Crippen molar-refractivity contribution in [1.29, 1.82) is 0 Å². The summed E-state index contributed by atoms with van der Waals surface area (Å²) in [6.45, 7) is 0.737. The largest absolute Gasteiger partial charge is 0.383 e. The van der Waals surface area contributed by atoms with Crippen LogP contribution < -0.4 is 0 Å². The molecule has 16 heavy (non-hydrogen) atoms. The van der Waals surface area contributed by atoms with Gasteiger partial charge in [-0.3, -0.25) is 0 Å². The maximum absolute atomic E-state index is 9.67. The summed E-state index contributed by atoms with van der Waals surface area (Å²) in [6.07, 6.45) is 2.59. The number of imidazole rings is 1. The number of aromatic amines is 1. The fourth-order valence-electron chi connectivity index (χ4n) is 1.40. The molecule has 1 atom stereocenters. The van der Waals surface area contributed by atoms with Gasteiger partial charge in [0.05, 0.1) is 13.2 Å². The minimum Gasteiger partial charge on any atom is -0.383 e. The van der Waals surface area contributed by atoms with E-state index in [1.807, 2.05) is 30.3 Å². The predicted octanol–water partition coefficient (Wildman–Crippen LogP) is 1.66. The van der Waals surface area contributed by atoms with Crippen molar-refractivity contribution in [1.82, 2.24) is 9.97 Å². The van der Waals surface area contributed by atoms with Crippen molar-refractivity contribution in [2.24, 2.45) is 0 Å². The van der Waals surface area contributed by atoms with Crippen LogP contribution in [0.5, 0.6) is 0 Å². The molecule has 1 heterocycles. The first kappa shape index (κ1) is 10.9. The molecule has 2 aromatic rings. The fraction of sp³-hybridized carbons (Fsp3) is 0.250. The zero-order chi connectivity index (χ0) is 11.2. The maximum Gasteiger partial charge on any atom is 0.137 e. The summed E-state index contributed by atoms with van der Waals surface area (Å²) in [6, 6.07) is 9.85. The Balaban J connectivity index is 1.76. The van der Waals surface area contributed by atoms with Crippen LogP contribution in [-0.2, 0) is 11.3 Å². The third-order valence-electron chi connectivity index (χ3n) is 2.22. The SMILES string of the molecule is OC(COCc1ccccc1)c1ncc[nH]1. The van der Waals surface area contributed by atoms with Gasteiger partial charge in [-0.25, -0.2) is 4.98 Å². The minimum atomic E-state index is -0.696. The van der Waals surface area contributed by atoms with Gasteiger partial charge in [-0.2, -0.15) is 0 Å². The third kappa shape index (κ3) is 2.92. The number of aliphatic hydroxyl groups excluding tert-OH is 1. The Hall–Kier alpha value is -1.65. The van der Waals surface area contributed by atoms with Gasteiger partial charge in [-0.1, -0.05) is 30.3 Å². The lowest BCUT2D eigenvalue weighted by Crippen LogP contribution is -2.08. The quantitative estimate of drug-likeness (QED) is 0.802. The third-order valence-corrected chi connectivity index (χ3v) is 2.22. The highest BCUT2D eigenvalue weighted by atomic mass is 16.5. The standard InChI is InChI=1S/C12H14N2O2/c15-11(12-13-6-7-14-12)9-16-8-10-4-2-1-3-5-10/h1-7,11,15H,8-9H2,(H,13,14). The van der Waals surface area contributed by atoms with Crippen LogP contribution in [0, 0.1) is 0 Å². The number of nitrogens with one attached hydrogen (secondary N) is 1. The Bertz CT molecular complexity index is 400. The lowest BCUT2D eigenvalue weighted by atomic mass is 10.2. The molecule has 0 aliphatic rings. The Kier molecular flexibility index (Phi) is 3.69. The molecular weight excluding hydrogens is 204 g/mol. The number of H-pyrrole nitrogens is 1. The average Bonchev–Trinajstić information content (AvgIpc) is 2.84. The number of rotatable bonds is 5. The van der Waals surface area contributed by atoms with E-state index in [0.29, 0.717) is 12.4 Å². The normalized spacial score (nSPS) is 12.6. The van der Waals surface area contributed by atoms with Crippen LogP contribution in [0.2, 0.25) is 0 Å². The molecule has 2 rings (SSSR count). The van der Waals surface area contributed by atoms with Gasteiger partial charge < -0.3 is 14.8 Å². The number of hydrogen-bond donors (Lipinski definition) is 2. The highest BCUT2D eigenvalue weighted by Crippen LogP contribution is 2.08. The van der Waals surface area contributed by atoms with E-state index in [1.54, 1.807) is 12.4 Å². The van der Waals surface area contributed by atoms with Crippen LogP contribution in [0.1, 0.15) is 17.5 Å². The van der Waals surface area contributed by atoms with Crippen LogP contribution in [0.4, 0.5) is 0 Å². The first-order valence-corrected chi connectivity index (χ1v) is 5.15. The van der Waals surface area contributed by atoms with Crippen molar-refractivity contribution in [3.63, 3.8) is 0 Å². The molecule has 0 saturated carbocycles. The van der Waals surface area contributed by atoms with Gasteiger partial charge in [-0.05, 0) is 5.56 Å². The summed E-state index contributed by atoms with van der Waals surface area (Å²) in [7, 11) is 0. The molecule has 0 radical (unpaired) electrons. The number of hydrogen-bond acceptors (Lipinski definition) is 3. The summed E-state index contributed by atoms with van der Waals surface area (Å²) in [5, 5.41) is 9.67. The Morgan fingerprint density at radius 1 is 1.31 bits per heavy atom. The molecule has 0 amide bonds. The van der Waals surface area contributed by atoms with E-state index >= 15 is 0 Å². The van der Waals surface area contributed by atoms with E-state index in [0.717, 1.165) is 5.56 Å². The second kappa shape index (κ2) is 5.44. The average molecular weight is 218 g/mol. The first-order chi connectivity index (χ1) is 7.86. The molecule has 1 aromatic heterocycles. The molecule has 84 valence electrons. The van der Waals surface area contributed by atoms with E-state index in [-0.39, 0.29) is 6.61 Å². The number of nitrogens with zero attached hydrogens (tertiary/aromatic N) is 1. The molecular formula is C12H14N2O2. The number of ether oxygens (including phenoxy) is 1. The van der Waals surface area contributed by atoms with Crippen molar-refractivity contribution in [2.75, 3.05) is 6.61 Å². The van der Waals surface area contributed by atoms with Crippen LogP contribution >= 0.6 is 0 Å². The van der Waals surface area contributed by atoms with E-state index in [9.17, 15) is 5.11 Å². The van der Waals surface area contributed by atoms with E-state index in [2.05, 4.69) is 9.97 Å². The fourth-order valence-corrected chi connectivity index (χ4v) is 1.40. The van der Waals surface area contributed by atoms with E-state index in [1.165, 1.54) is 0 Å². The molecule has 2 N–H and O–H groups in total. The lowest BCUT2D eigenvalue weighted by molar-refractivity contribution is 0.0238. The predicted molar refractivity (Wildman–Crippen MR) is 59.6 cm³/mol. The summed E-state index contributed by atoms with van der Waals surface area (Å²) in [5.41, 5.74) is 1.09. The summed E-state index contributed by atoms with van der Waals surface area (Å²) < 4.78 is 5.40. The molecule has 1 aromatic carbocycles. The second-order valence-electron chi connectivity index (χ2n) is 3.49. The van der Waals surface area contributed by atoms with Crippen LogP contribution in [0.25, 0.3) is 0 Å². The van der Waals surface area contributed by atoms with Gasteiger partial charge in [0.25, 0.3) is 0 Å². The number of aliphatic hydroxyl groups is 1. The van der Waals surface area contributed by atoms with Gasteiger partial charge >= 0.3 is 0 Å². The molecule has 0 fully saturated rings. The van der Waals surface area contributed by atoms with Gasteiger partial charge in [-0.15, -0.1) is 0 Å². The molecule has 0 bridgehead atoms. The van der Waals surface area contributed by atoms with E-state index < -0.39 is 6.10 Å². The Morgan fingerprint density at radius 2 is 2.12 bits per heavy atom. The van der Waals surface area contributed by atoms with Gasteiger partial charge in [0.15, 0.2) is 0 Å². The molecule has 0 saturated heterocycles. The summed E-state index contributed by atoms with van der Waals surface area (Å²) in [5.74, 6) is 0.535. The van der Waals surface area contributed by atoms with Crippen molar-refractivity contribution in [2.45, 2.75) is 12.7 Å². The van der Waals surface area contributed by atoms with Crippen molar-refractivity contribution in [3.8, 4) is 0 Å². The van der Waals surface area contributed by atoms with Crippen LogP contribution in [-0.4, -0.2) is 21.7 Å². The van der Waals surface area contributed by atoms with Gasteiger partial charge in [0.1, 0.15) is 11.9 Å². The zero-order valence-corrected chi connectivity index (χ0v) is 8.84. The Labute approximate surface area is 93.9 Å². The highest BCUT2D eigenvalue weighted by Gasteiger charge is 2.09. The molecule has 4 nitrogen and oxygen atoms in total. The topological polar surface area (TPSA) is 58.1 Å². The van der Waals surface area contributed by atoms with Gasteiger partial charge in [0.2, 0.25) is 0 Å². The van der Waals surface area contributed by atoms with Crippen molar-refractivity contribution >= 4 is 0 Å². The minimum absolute atomic E-state index is 0.238. The zero-order valence-electron chi connectivity index (χ0n) is 8.84. The van der Waals surface area contributed by atoms with E-state index in [4.69, 9.17) is 4.74 Å². The number of benzene rings is 1. The molecule has 0 aliphatic carbocycles. The van der Waals surface area contributed by atoms with Crippen molar-refractivity contribution in [3.05, 3.63) is 54.1 Å². The number of aromatic nitrogens is 2. The lowest BCUT2D eigenvalue weighted by Gasteiger charge is -2.08. The second-order valence-corrected chi connectivity index (χ2v) is 3.49. The molecule has 4 heteroatoms. The molecule has 0 aliphatic heterocycles. The summed E-state index contributed by atoms with van der Waals surface area (Å²) >= 11 is 0.